The van der Waals surface area contributed by atoms with Crippen LogP contribution in [0.2, 0.25) is 5.02 Å². The Morgan fingerprint density at radius 3 is 2.94 bits per heavy atom. The molecule has 1 N–H and O–H groups in total. The third-order valence-corrected chi connectivity index (χ3v) is 4.51. The van der Waals surface area contributed by atoms with Gasteiger partial charge in [0, 0.05) is 11.4 Å². The molecule has 2 atom stereocenters. The van der Waals surface area contributed by atoms with Crippen LogP contribution in [0.3, 0.4) is 0 Å². The van der Waals surface area contributed by atoms with Gasteiger partial charge in [0.2, 0.25) is 0 Å². The number of rotatable bonds is 3. The summed E-state index contributed by atoms with van der Waals surface area (Å²) in [5.41, 5.74) is -0.0561. The SMILES string of the molecule is O=C(NC1CCCC1CBr)c1c(F)cccc1Cl. The van der Waals surface area contributed by atoms with Crippen LogP contribution in [0.4, 0.5) is 4.39 Å². The second kappa shape index (κ2) is 6.02. The molecule has 0 spiro atoms. The first kappa shape index (κ1) is 13.8. The van der Waals surface area contributed by atoms with E-state index in [2.05, 4.69) is 21.2 Å². The summed E-state index contributed by atoms with van der Waals surface area (Å²) in [5, 5.41) is 3.89. The van der Waals surface area contributed by atoms with Gasteiger partial charge in [0.05, 0.1) is 10.6 Å². The number of alkyl halides is 1. The predicted molar refractivity (Wildman–Crippen MR) is 73.8 cm³/mol. The van der Waals surface area contributed by atoms with Crippen LogP contribution in [-0.2, 0) is 0 Å². The van der Waals surface area contributed by atoms with Gasteiger partial charge in [0.25, 0.3) is 5.91 Å². The number of nitrogens with one attached hydrogen (secondary N) is 1. The number of carbonyl (C=O) groups excluding carboxylic acids is 1. The van der Waals surface area contributed by atoms with Crippen molar-refractivity contribution >= 4 is 33.4 Å². The van der Waals surface area contributed by atoms with E-state index in [1.807, 2.05) is 0 Å². The van der Waals surface area contributed by atoms with E-state index in [4.69, 9.17) is 11.6 Å². The highest BCUT2D eigenvalue weighted by molar-refractivity contribution is 9.09. The first-order chi connectivity index (χ1) is 8.63. The normalized spacial score (nSPS) is 23.1. The maximum absolute atomic E-state index is 13.6. The third kappa shape index (κ3) is 2.86. The molecule has 0 aromatic heterocycles. The van der Waals surface area contributed by atoms with Crippen molar-refractivity contribution in [2.24, 2.45) is 5.92 Å². The third-order valence-electron chi connectivity index (χ3n) is 3.36. The van der Waals surface area contributed by atoms with Crippen LogP contribution in [0.5, 0.6) is 0 Å². The lowest BCUT2D eigenvalue weighted by molar-refractivity contribution is 0.0926. The molecule has 98 valence electrons. The van der Waals surface area contributed by atoms with Crippen molar-refractivity contribution in [2.75, 3.05) is 5.33 Å². The topological polar surface area (TPSA) is 29.1 Å². The van der Waals surface area contributed by atoms with Crippen molar-refractivity contribution in [2.45, 2.75) is 25.3 Å². The Morgan fingerprint density at radius 1 is 1.50 bits per heavy atom. The summed E-state index contributed by atoms with van der Waals surface area (Å²) < 4.78 is 13.6. The van der Waals surface area contributed by atoms with Gasteiger partial charge in [-0.3, -0.25) is 4.79 Å². The van der Waals surface area contributed by atoms with Crippen molar-refractivity contribution in [3.8, 4) is 0 Å². The van der Waals surface area contributed by atoms with Gasteiger partial charge in [-0.1, -0.05) is 40.0 Å². The first-order valence-corrected chi connectivity index (χ1v) is 7.44. The lowest BCUT2D eigenvalue weighted by Crippen LogP contribution is -2.38. The van der Waals surface area contributed by atoms with Crippen LogP contribution >= 0.6 is 27.5 Å². The molecule has 2 rings (SSSR count). The molecule has 1 fully saturated rings. The summed E-state index contributed by atoms with van der Waals surface area (Å²) in [7, 11) is 0. The van der Waals surface area contributed by atoms with E-state index in [9.17, 15) is 9.18 Å². The second-order valence-electron chi connectivity index (χ2n) is 4.52. The Balaban J connectivity index is 2.12. The first-order valence-electron chi connectivity index (χ1n) is 5.94. The number of carbonyl (C=O) groups is 1. The molecule has 1 saturated carbocycles. The lowest BCUT2D eigenvalue weighted by atomic mass is 10.1. The van der Waals surface area contributed by atoms with E-state index in [-0.39, 0.29) is 16.6 Å². The summed E-state index contributed by atoms with van der Waals surface area (Å²) >= 11 is 9.31. The Bertz CT molecular complexity index is 434. The van der Waals surface area contributed by atoms with Crippen LogP contribution in [0.15, 0.2) is 18.2 Å². The highest BCUT2D eigenvalue weighted by Gasteiger charge is 2.29. The fraction of sp³-hybridized carbons (Fsp3) is 0.462. The van der Waals surface area contributed by atoms with Gasteiger partial charge in [0.1, 0.15) is 5.82 Å². The highest BCUT2D eigenvalue weighted by atomic mass is 79.9. The molecular formula is C13H14BrClFNO. The molecule has 1 aliphatic rings. The van der Waals surface area contributed by atoms with Crippen LogP contribution in [0.25, 0.3) is 0 Å². The van der Waals surface area contributed by atoms with Crippen LogP contribution in [0.1, 0.15) is 29.6 Å². The lowest BCUT2D eigenvalue weighted by Gasteiger charge is -2.19. The molecule has 1 amide bonds. The number of hydrogen-bond acceptors (Lipinski definition) is 1. The zero-order valence-corrected chi connectivity index (χ0v) is 12.1. The average molecular weight is 335 g/mol. The molecule has 5 heteroatoms. The van der Waals surface area contributed by atoms with Gasteiger partial charge < -0.3 is 5.32 Å². The van der Waals surface area contributed by atoms with Crippen LogP contribution < -0.4 is 5.32 Å². The Labute approximate surface area is 119 Å². The molecule has 18 heavy (non-hydrogen) atoms. The van der Waals surface area contributed by atoms with Gasteiger partial charge in [-0.15, -0.1) is 0 Å². The summed E-state index contributed by atoms with van der Waals surface area (Å²) in [6.07, 6.45) is 3.11. The number of hydrogen-bond donors (Lipinski definition) is 1. The van der Waals surface area contributed by atoms with Crippen LogP contribution in [0, 0.1) is 11.7 Å². The molecule has 1 aliphatic carbocycles. The fourth-order valence-electron chi connectivity index (χ4n) is 2.37. The van der Waals surface area contributed by atoms with Gasteiger partial charge >= 0.3 is 0 Å². The van der Waals surface area contributed by atoms with Crippen molar-refractivity contribution < 1.29 is 9.18 Å². The molecule has 0 radical (unpaired) electrons. The van der Waals surface area contributed by atoms with Crippen molar-refractivity contribution in [3.05, 3.63) is 34.6 Å². The quantitative estimate of drug-likeness (QED) is 0.838. The Hall–Kier alpha value is -0.610. The molecule has 1 aromatic carbocycles. The smallest absolute Gasteiger partial charge is 0.256 e. The summed E-state index contributed by atoms with van der Waals surface area (Å²) in [4.78, 5) is 12.1. The average Bonchev–Trinajstić information content (AvgIpc) is 2.76. The zero-order valence-electron chi connectivity index (χ0n) is 9.76. The van der Waals surface area contributed by atoms with Crippen molar-refractivity contribution in [1.82, 2.24) is 5.32 Å². The monoisotopic (exact) mass is 333 g/mol. The van der Waals surface area contributed by atoms with Gasteiger partial charge in [-0.25, -0.2) is 4.39 Å². The molecular weight excluding hydrogens is 321 g/mol. The number of benzene rings is 1. The minimum absolute atomic E-state index is 0.0561. The van der Waals surface area contributed by atoms with Gasteiger partial charge in [-0.2, -0.15) is 0 Å². The Kier molecular flexibility index (Phi) is 4.62. The highest BCUT2D eigenvalue weighted by Crippen LogP contribution is 2.28. The molecule has 2 nitrogen and oxygen atoms in total. The number of halogens is 3. The van der Waals surface area contributed by atoms with Gasteiger partial charge in [0.15, 0.2) is 0 Å². The minimum atomic E-state index is -0.576. The van der Waals surface area contributed by atoms with Gasteiger partial charge in [-0.05, 0) is 30.9 Å². The maximum atomic E-state index is 13.6. The van der Waals surface area contributed by atoms with Crippen molar-refractivity contribution in [1.29, 1.82) is 0 Å². The van der Waals surface area contributed by atoms with E-state index in [0.717, 1.165) is 24.6 Å². The molecule has 0 aliphatic heterocycles. The summed E-state index contributed by atoms with van der Waals surface area (Å²) in [6.45, 7) is 0. The summed E-state index contributed by atoms with van der Waals surface area (Å²) in [5.74, 6) is -0.580. The van der Waals surface area contributed by atoms with E-state index in [0.29, 0.717) is 5.92 Å². The number of amides is 1. The molecule has 2 unspecified atom stereocenters. The molecule has 0 bridgehead atoms. The second-order valence-corrected chi connectivity index (χ2v) is 5.58. The van der Waals surface area contributed by atoms with E-state index < -0.39 is 11.7 Å². The maximum Gasteiger partial charge on any atom is 0.256 e. The largest absolute Gasteiger partial charge is 0.349 e. The standard InChI is InChI=1S/C13H14BrClFNO/c14-7-8-3-1-6-11(8)17-13(18)12-9(15)4-2-5-10(12)16/h2,4-5,8,11H,1,3,6-7H2,(H,17,18). The molecule has 1 aromatic rings. The predicted octanol–water partition coefficient (Wildman–Crippen LogP) is 3.77. The van der Waals surface area contributed by atoms with Crippen molar-refractivity contribution in [3.63, 3.8) is 0 Å². The fourth-order valence-corrected chi connectivity index (χ4v) is 3.39. The van der Waals surface area contributed by atoms with E-state index in [1.165, 1.54) is 18.2 Å². The van der Waals surface area contributed by atoms with E-state index >= 15 is 0 Å². The Morgan fingerprint density at radius 2 is 2.28 bits per heavy atom. The molecule has 0 saturated heterocycles. The van der Waals surface area contributed by atoms with E-state index in [1.54, 1.807) is 0 Å². The molecule has 0 heterocycles. The van der Waals surface area contributed by atoms with Crippen LogP contribution in [-0.4, -0.2) is 17.3 Å². The summed E-state index contributed by atoms with van der Waals surface area (Å²) in [6, 6.07) is 4.37. The minimum Gasteiger partial charge on any atom is -0.349 e. The zero-order chi connectivity index (χ0) is 13.1.